The van der Waals surface area contributed by atoms with Crippen LogP contribution in [0.3, 0.4) is 0 Å². The van der Waals surface area contributed by atoms with Gasteiger partial charge in [0, 0.05) is 31.7 Å². The minimum absolute atomic E-state index is 0.171. The number of hydrogen-bond donors (Lipinski definition) is 3. The second-order valence-corrected chi connectivity index (χ2v) is 10.2. The molecule has 172 valence electrons. The number of carboxylic acids is 1. The lowest BCUT2D eigenvalue weighted by atomic mass is 9.79. The number of hydrogen-bond acceptors (Lipinski definition) is 5. The Balaban J connectivity index is 1.31. The summed E-state index contributed by atoms with van der Waals surface area (Å²) in [5.74, 6) is 0.456. The van der Waals surface area contributed by atoms with Gasteiger partial charge in [-0.25, -0.2) is 9.78 Å². The Morgan fingerprint density at radius 3 is 2.81 bits per heavy atom. The zero-order valence-corrected chi connectivity index (χ0v) is 19.1. The molecule has 1 atom stereocenters. The molecule has 0 radical (unpaired) electrons. The summed E-state index contributed by atoms with van der Waals surface area (Å²) in [7, 11) is 0. The monoisotopic (exact) mass is 431 g/mol. The van der Waals surface area contributed by atoms with Crippen LogP contribution in [0.25, 0.3) is 0 Å². The molecule has 0 bridgehead atoms. The molecular weight excluding hydrogens is 394 g/mol. The number of nitrogens with one attached hydrogen (secondary N) is 2. The average molecular weight is 432 g/mol. The quantitative estimate of drug-likeness (QED) is 0.524. The molecule has 3 rings (SSSR count). The molecule has 0 aromatic carbocycles. The maximum absolute atomic E-state index is 12.0. The van der Waals surface area contributed by atoms with E-state index in [0.29, 0.717) is 25.4 Å². The molecule has 2 heterocycles. The zero-order valence-electron chi connectivity index (χ0n) is 19.1. The van der Waals surface area contributed by atoms with Crippen molar-refractivity contribution < 1.29 is 19.4 Å². The fourth-order valence-corrected chi connectivity index (χ4v) is 4.24. The van der Waals surface area contributed by atoms with Crippen molar-refractivity contribution >= 4 is 17.7 Å². The fraction of sp³-hybridized carbons (Fsp3) is 0.708. The van der Waals surface area contributed by atoms with Crippen molar-refractivity contribution in [2.75, 3.05) is 18.5 Å². The van der Waals surface area contributed by atoms with Crippen LogP contribution in [0.2, 0.25) is 0 Å². The van der Waals surface area contributed by atoms with Gasteiger partial charge in [-0.15, -0.1) is 0 Å². The summed E-state index contributed by atoms with van der Waals surface area (Å²) in [6, 6.07) is 3.46. The SMILES string of the molecule is CC(C)(C)CC(=O)NC(CCOC1CC(CCc2ccc3c(n2)NCCC3)C1)C(=O)O. The van der Waals surface area contributed by atoms with Crippen molar-refractivity contribution in [3.05, 3.63) is 23.4 Å². The van der Waals surface area contributed by atoms with Crippen molar-refractivity contribution in [3.8, 4) is 0 Å². The van der Waals surface area contributed by atoms with Crippen LogP contribution in [-0.4, -0.2) is 47.3 Å². The Labute approximate surface area is 185 Å². The number of fused-ring (bicyclic) bond motifs is 1. The average Bonchev–Trinajstić information content (AvgIpc) is 2.66. The molecule has 0 saturated heterocycles. The number of carbonyl (C=O) groups is 2. The van der Waals surface area contributed by atoms with Gasteiger partial charge in [0.25, 0.3) is 0 Å². The van der Waals surface area contributed by atoms with E-state index >= 15 is 0 Å². The molecule has 1 fully saturated rings. The van der Waals surface area contributed by atoms with Crippen molar-refractivity contribution in [1.82, 2.24) is 10.3 Å². The molecule has 1 saturated carbocycles. The maximum Gasteiger partial charge on any atom is 0.326 e. The van der Waals surface area contributed by atoms with Gasteiger partial charge in [0.2, 0.25) is 5.91 Å². The van der Waals surface area contributed by atoms with Gasteiger partial charge in [0.15, 0.2) is 0 Å². The Bertz CT molecular complexity index is 769. The highest BCUT2D eigenvalue weighted by Gasteiger charge is 2.30. The summed E-state index contributed by atoms with van der Waals surface area (Å²) in [5, 5.41) is 15.4. The van der Waals surface area contributed by atoms with Crippen molar-refractivity contribution in [2.45, 2.75) is 84.3 Å². The number of ether oxygens (including phenoxy) is 1. The fourth-order valence-electron chi connectivity index (χ4n) is 4.24. The van der Waals surface area contributed by atoms with Crippen LogP contribution in [0.4, 0.5) is 5.82 Å². The Hall–Kier alpha value is -2.15. The van der Waals surface area contributed by atoms with Crippen LogP contribution in [0.15, 0.2) is 12.1 Å². The molecule has 2 aliphatic rings. The third-order valence-corrected chi connectivity index (χ3v) is 6.04. The highest BCUT2D eigenvalue weighted by molar-refractivity contribution is 5.83. The van der Waals surface area contributed by atoms with Gasteiger partial charge in [-0.1, -0.05) is 26.8 Å². The first-order chi connectivity index (χ1) is 14.7. The normalized spacial score (nSPS) is 21.4. The summed E-state index contributed by atoms with van der Waals surface area (Å²) in [6.45, 7) is 7.22. The topological polar surface area (TPSA) is 101 Å². The van der Waals surface area contributed by atoms with Gasteiger partial charge >= 0.3 is 5.97 Å². The van der Waals surface area contributed by atoms with E-state index in [9.17, 15) is 14.7 Å². The molecule has 3 N–H and O–H groups in total. The Kier molecular flexibility index (Phi) is 7.92. The summed E-state index contributed by atoms with van der Waals surface area (Å²) in [6.07, 6.45) is 7.18. The minimum Gasteiger partial charge on any atom is -0.480 e. The Morgan fingerprint density at radius 1 is 1.32 bits per heavy atom. The number of aliphatic carboxylic acids is 1. The molecular formula is C24H37N3O4. The maximum atomic E-state index is 12.0. The number of pyridine rings is 1. The summed E-state index contributed by atoms with van der Waals surface area (Å²) in [4.78, 5) is 28.2. The van der Waals surface area contributed by atoms with Gasteiger partial charge in [0.1, 0.15) is 11.9 Å². The first-order valence-corrected chi connectivity index (χ1v) is 11.6. The molecule has 1 aromatic heterocycles. The lowest BCUT2D eigenvalue weighted by molar-refractivity contribution is -0.143. The van der Waals surface area contributed by atoms with Crippen LogP contribution < -0.4 is 10.6 Å². The molecule has 0 spiro atoms. The van der Waals surface area contributed by atoms with E-state index in [1.54, 1.807) is 0 Å². The smallest absolute Gasteiger partial charge is 0.326 e. The number of carbonyl (C=O) groups excluding carboxylic acids is 1. The second-order valence-electron chi connectivity index (χ2n) is 10.2. The second kappa shape index (κ2) is 10.4. The molecule has 31 heavy (non-hydrogen) atoms. The number of aryl methyl sites for hydroxylation is 2. The van der Waals surface area contributed by atoms with E-state index in [1.165, 1.54) is 12.0 Å². The van der Waals surface area contributed by atoms with Crippen molar-refractivity contribution in [2.24, 2.45) is 11.3 Å². The van der Waals surface area contributed by atoms with Crippen molar-refractivity contribution in [3.63, 3.8) is 0 Å². The van der Waals surface area contributed by atoms with Gasteiger partial charge in [0.05, 0.1) is 6.10 Å². The largest absolute Gasteiger partial charge is 0.480 e. The first-order valence-electron chi connectivity index (χ1n) is 11.6. The number of amides is 1. The van der Waals surface area contributed by atoms with Gasteiger partial charge in [-0.05, 0) is 61.5 Å². The highest BCUT2D eigenvalue weighted by Crippen LogP contribution is 2.34. The molecule has 1 aromatic rings. The van der Waals surface area contributed by atoms with E-state index < -0.39 is 12.0 Å². The number of anilines is 1. The van der Waals surface area contributed by atoms with E-state index in [-0.39, 0.29) is 17.4 Å². The molecule has 1 amide bonds. The van der Waals surface area contributed by atoms with Crippen LogP contribution in [-0.2, 0) is 27.2 Å². The highest BCUT2D eigenvalue weighted by atomic mass is 16.5. The van der Waals surface area contributed by atoms with Crippen LogP contribution in [0, 0.1) is 11.3 Å². The van der Waals surface area contributed by atoms with Crippen LogP contribution in [0.5, 0.6) is 0 Å². The minimum atomic E-state index is -1.01. The number of carboxylic acid groups (broad SMARTS) is 1. The van der Waals surface area contributed by atoms with E-state index in [0.717, 1.165) is 50.2 Å². The van der Waals surface area contributed by atoms with Gasteiger partial charge < -0.3 is 20.5 Å². The summed E-state index contributed by atoms with van der Waals surface area (Å²) >= 11 is 0. The standard InChI is InChI=1S/C24H37N3O4/c1-24(2,3)15-21(28)27-20(23(29)30)10-12-31-19-13-16(14-19)6-8-18-9-7-17-5-4-11-25-22(17)26-18/h7,9,16,19-20H,4-6,8,10-15H2,1-3H3,(H,25,26)(H,27,28)(H,29,30). The van der Waals surface area contributed by atoms with Gasteiger partial charge in [-0.2, -0.15) is 0 Å². The third kappa shape index (κ3) is 7.49. The predicted octanol–water partition coefficient (Wildman–Crippen LogP) is 3.56. The van der Waals surface area contributed by atoms with Gasteiger partial charge in [-0.3, -0.25) is 4.79 Å². The Morgan fingerprint density at radius 2 is 2.10 bits per heavy atom. The number of nitrogens with zero attached hydrogens (tertiary/aromatic N) is 1. The molecule has 1 aliphatic heterocycles. The third-order valence-electron chi connectivity index (χ3n) is 6.04. The lowest BCUT2D eigenvalue weighted by Gasteiger charge is -2.35. The number of aromatic nitrogens is 1. The molecule has 1 unspecified atom stereocenters. The van der Waals surface area contributed by atoms with E-state index in [2.05, 4.69) is 22.8 Å². The van der Waals surface area contributed by atoms with Crippen LogP contribution in [0.1, 0.15) is 70.6 Å². The lowest BCUT2D eigenvalue weighted by Crippen LogP contribution is -2.43. The molecule has 1 aliphatic carbocycles. The van der Waals surface area contributed by atoms with E-state index in [1.807, 2.05) is 20.8 Å². The van der Waals surface area contributed by atoms with Crippen LogP contribution >= 0.6 is 0 Å². The van der Waals surface area contributed by atoms with Crippen molar-refractivity contribution in [1.29, 1.82) is 0 Å². The molecule has 7 heteroatoms. The summed E-state index contributed by atoms with van der Waals surface area (Å²) in [5.41, 5.74) is 2.30. The number of rotatable bonds is 10. The molecule has 7 nitrogen and oxygen atoms in total. The predicted molar refractivity (Wildman–Crippen MR) is 120 cm³/mol. The summed E-state index contributed by atoms with van der Waals surface area (Å²) < 4.78 is 5.86. The van der Waals surface area contributed by atoms with E-state index in [4.69, 9.17) is 9.72 Å². The zero-order chi connectivity index (χ0) is 22.4. The first kappa shape index (κ1) is 23.5.